The zero-order valence-corrected chi connectivity index (χ0v) is 13.3. The highest BCUT2D eigenvalue weighted by Crippen LogP contribution is 2.27. The third-order valence-electron chi connectivity index (χ3n) is 2.16. The van der Waals surface area contributed by atoms with Crippen molar-refractivity contribution in [2.45, 2.75) is 37.8 Å². The molecule has 0 saturated heterocycles. The van der Waals surface area contributed by atoms with Crippen LogP contribution < -0.4 is 5.32 Å². The van der Waals surface area contributed by atoms with E-state index < -0.39 is 5.60 Å². The first-order valence-corrected chi connectivity index (χ1v) is 7.46. The summed E-state index contributed by atoms with van der Waals surface area (Å²) < 4.78 is 5.28. The summed E-state index contributed by atoms with van der Waals surface area (Å²) in [5, 5.41) is 3.77. The molecule has 19 heavy (non-hydrogen) atoms. The van der Waals surface area contributed by atoms with Gasteiger partial charge in [-0.3, -0.25) is 4.79 Å². The second-order valence-electron chi connectivity index (χ2n) is 5.16. The van der Waals surface area contributed by atoms with Gasteiger partial charge in [-0.25, -0.2) is 0 Å². The average Bonchev–Trinajstić information content (AvgIpc) is 2.27. The summed E-state index contributed by atoms with van der Waals surface area (Å²) in [6, 6.07) is 5.70. The van der Waals surface area contributed by atoms with Gasteiger partial charge in [0.2, 0.25) is 0 Å². The largest absolute Gasteiger partial charge is 0.459 e. The van der Waals surface area contributed by atoms with Crippen LogP contribution in [-0.4, -0.2) is 24.4 Å². The molecule has 0 spiro atoms. The fraction of sp³-hybridized carbons (Fsp3) is 0.500. The van der Waals surface area contributed by atoms with Gasteiger partial charge in [0, 0.05) is 16.5 Å². The smallest absolute Gasteiger partial charge is 0.316 e. The molecule has 3 nitrogen and oxygen atoms in total. The highest BCUT2D eigenvalue weighted by Gasteiger charge is 2.16. The molecular weight excluding hydrogens is 282 g/mol. The molecule has 0 fully saturated rings. The van der Waals surface area contributed by atoms with E-state index >= 15 is 0 Å². The van der Waals surface area contributed by atoms with Crippen LogP contribution in [0, 0.1) is 0 Å². The minimum absolute atomic E-state index is 0.215. The number of carbonyl (C=O) groups excluding carboxylic acids is 1. The Labute approximate surface area is 124 Å². The van der Waals surface area contributed by atoms with Gasteiger partial charge in [0.05, 0.1) is 5.75 Å². The van der Waals surface area contributed by atoms with Crippen molar-refractivity contribution in [3.05, 3.63) is 28.8 Å². The van der Waals surface area contributed by atoms with Gasteiger partial charge in [0.25, 0.3) is 0 Å². The third kappa shape index (κ3) is 6.32. The maximum Gasteiger partial charge on any atom is 0.316 e. The molecule has 0 amide bonds. The summed E-state index contributed by atoms with van der Waals surface area (Å²) in [5.41, 5.74) is 0.681. The van der Waals surface area contributed by atoms with Crippen LogP contribution in [0.1, 0.15) is 26.3 Å². The van der Waals surface area contributed by atoms with E-state index in [1.807, 2.05) is 46.0 Å². The number of esters is 1. The minimum atomic E-state index is -0.445. The zero-order valence-electron chi connectivity index (χ0n) is 11.7. The van der Waals surface area contributed by atoms with E-state index in [0.717, 1.165) is 17.0 Å². The van der Waals surface area contributed by atoms with E-state index in [9.17, 15) is 4.79 Å². The Hall–Kier alpha value is -0.710. The normalized spacial score (nSPS) is 11.4. The van der Waals surface area contributed by atoms with Crippen molar-refractivity contribution in [2.75, 3.05) is 12.8 Å². The number of thioether (sulfide) groups is 1. The minimum Gasteiger partial charge on any atom is -0.459 e. The molecule has 0 aliphatic heterocycles. The van der Waals surface area contributed by atoms with Crippen LogP contribution in [0.5, 0.6) is 0 Å². The molecule has 0 aromatic heterocycles. The second kappa shape index (κ2) is 7.17. The van der Waals surface area contributed by atoms with Gasteiger partial charge in [-0.05, 0) is 45.5 Å². The molecule has 1 aromatic carbocycles. The molecule has 0 saturated carbocycles. The summed E-state index contributed by atoms with van der Waals surface area (Å²) in [5.74, 6) is 0.0711. The summed E-state index contributed by atoms with van der Waals surface area (Å²) in [6.07, 6.45) is 0. The van der Waals surface area contributed by atoms with Crippen molar-refractivity contribution < 1.29 is 9.53 Å². The monoisotopic (exact) mass is 301 g/mol. The third-order valence-corrected chi connectivity index (χ3v) is 3.47. The van der Waals surface area contributed by atoms with Crippen LogP contribution in [0.2, 0.25) is 5.02 Å². The van der Waals surface area contributed by atoms with Gasteiger partial charge >= 0.3 is 5.97 Å². The van der Waals surface area contributed by atoms with E-state index in [1.165, 1.54) is 11.8 Å². The Morgan fingerprint density at radius 2 is 2.11 bits per heavy atom. The van der Waals surface area contributed by atoms with Gasteiger partial charge in [0.15, 0.2) is 0 Å². The fourth-order valence-corrected chi connectivity index (χ4v) is 2.61. The average molecular weight is 302 g/mol. The topological polar surface area (TPSA) is 38.3 Å². The van der Waals surface area contributed by atoms with Crippen LogP contribution in [0.3, 0.4) is 0 Å². The molecule has 0 bridgehead atoms. The van der Waals surface area contributed by atoms with E-state index in [4.69, 9.17) is 16.3 Å². The van der Waals surface area contributed by atoms with Crippen molar-refractivity contribution >= 4 is 29.3 Å². The molecular formula is C14H20ClNO2S. The van der Waals surface area contributed by atoms with Gasteiger partial charge in [-0.15, -0.1) is 11.8 Å². The van der Waals surface area contributed by atoms with Gasteiger partial charge in [0.1, 0.15) is 5.60 Å². The van der Waals surface area contributed by atoms with Gasteiger partial charge in [-0.1, -0.05) is 17.7 Å². The number of rotatable bonds is 5. The summed E-state index contributed by atoms with van der Waals surface area (Å²) in [7, 11) is 1.89. The zero-order chi connectivity index (χ0) is 14.5. The van der Waals surface area contributed by atoms with Crippen LogP contribution in [-0.2, 0) is 16.1 Å². The number of benzene rings is 1. The first-order chi connectivity index (χ1) is 8.81. The molecule has 5 heteroatoms. The first-order valence-electron chi connectivity index (χ1n) is 6.09. The predicted octanol–water partition coefficient (Wildman–Crippen LogP) is 3.49. The Kier molecular flexibility index (Phi) is 6.17. The molecule has 0 aliphatic rings. The number of ether oxygens (including phenoxy) is 1. The number of halogens is 1. The molecule has 0 aliphatic carbocycles. The molecule has 106 valence electrons. The standard InChI is InChI=1S/C14H20ClNO2S/c1-14(2,3)18-13(17)9-19-12-7-11(15)6-5-10(12)8-16-4/h5-7,16H,8-9H2,1-4H3. The second-order valence-corrected chi connectivity index (χ2v) is 6.61. The molecule has 0 radical (unpaired) electrons. The predicted molar refractivity (Wildman–Crippen MR) is 80.8 cm³/mol. The Morgan fingerprint density at radius 1 is 1.42 bits per heavy atom. The molecule has 0 unspecified atom stereocenters. The Bertz CT molecular complexity index is 444. The number of carbonyl (C=O) groups is 1. The van der Waals surface area contributed by atoms with Crippen molar-refractivity contribution in [1.82, 2.24) is 5.32 Å². The van der Waals surface area contributed by atoms with Gasteiger partial charge < -0.3 is 10.1 Å². The van der Waals surface area contributed by atoms with Crippen molar-refractivity contribution in [3.63, 3.8) is 0 Å². The molecule has 0 heterocycles. The van der Waals surface area contributed by atoms with Crippen molar-refractivity contribution in [1.29, 1.82) is 0 Å². The fourth-order valence-electron chi connectivity index (χ4n) is 1.51. The highest BCUT2D eigenvalue weighted by molar-refractivity contribution is 8.00. The van der Waals surface area contributed by atoms with E-state index in [1.54, 1.807) is 0 Å². The van der Waals surface area contributed by atoms with Crippen molar-refractivity contribution in [3.8, 4) is 0 Å². The van der Waals surface area contributed by atoms with Crippen molar-refractivity contribution in [2.24, 2.45) is 0 Å². The number of nitrogens with one attached hydrogen (secondary N) is 1. The SMILES string of the molecule is CNCc1ccc(Cl)cc1SCC(=O)OC(C)(C)C. The Morgan fingerprint density at radius 3 is 2.68 bits per heavy atom. The summed E-state index contributed by atoms with van der Waals surface area (Å²) >= 11 is 7.44. The van der Waals surface area contributed by atoms with Crippen LogP contribution in [0.4, 0.5) is 0 Å². The molecule has 1 rings (SSSR count). The van der Waals surface area contributed by atoms with Crippen LogP contribution in [0.25, 0.3) is 0 Å². The molecule has 1 N–H and O–H groups in total. The lowest BCUT2D eigenvalue weighted by molar-refractivity contribution is -0.151. The van der Waals surface area contributed by atoms with Crippen LogP contribution >= 0.6 is 23.4 Å². The molecule has 0 atom stereocenters. The van der Waals surface area contributed by atoms with Gasteiger partial charge in [-0.2, -0.15) is 0 Å². The lowest BCUT2D eigenvalue weighted by atomic mass is 10.2. The summed E-state index contributed by atoms with van der Waals surface area (Å²) in [4.78, 5) is 12.7. The lowest BCUT2D eigenvalue weighted by Gasteiger charge is -2.19. The molecule has 1 aromatic rings. The maximum absolute atomic E-state index is 11.7. The maximum atomic E-state index is 11.7. The number of hydrogen-bond donors (Lipinski definition) is 1. The quantitative estimate of drug-likeness (QED) is 0.667. The highest BCUT2D eigenvalue weighted by atomic mass is 35.5. The number of hydrogen-bond acceptors (Lipinski definition) is 4. The van der Waals surface area contributed by atoms with Crippen LogP contribution in [0.15, 0.2) is 23.1 Å². The first kappa shape index (κ1) is 16.3. The Balaban J connectivity index is 2.66. The summed E-state index contributed by atoms with van der Waals surface area (Å²) in [6.45, 7) is 6.33. The van der Waals surface area contributed by atoms with E-state index in [2.05, 4.69) is 5.32 Å². The van der Waals surface area contributed by atoms with E-state index in [-0.39, 0.29) is 11.7 Å². The lowest BCUT2D eigenvalue weighted by Crippen LogP contribution is -2.24. The van der Waals surface area contributed by atoms with E-state index in [0.29, 0.717) is 5.02 Å².